The van der Waals surface area contributed by atoms with Crippen molar-refractivity contribution in [3.63, 3.8) is 0 Å². The molecular formula is C25H33NO5S. The Morgan fingerprint density at radius 1 is 0.969 bits per heavy atom. The maximum absolute atomic E-state index is 12.4. The summed E-state index contributed by atoms with van der Waals surface area (Å²) in [6, 6.07) is 10.6. The van der Waals surface area contributed by atoms with Crippen molar-refractivity contribution in [2.45, 2.75) is 58.5 Å². The number of methoxy groups -OCH3 is 1. The van der Waals surface area contributed by atoms with Gasteiger partial charge in [0.05, 0.1) is 13.5 Å². The minimum Gasteiger partial charge on any atom is -0.493 e. The molecule has 174 valence electrons. The number of carbonyl (C=O) groups excluding carboxylic acids is 1. The van der Waals surface area contributed by atoms with Crippen LogP contribution in [0.4, 0.5) is 5.69 Å². The van der Waals surface area contributed by atoms with E-state index >= 15 is 0 Å². The highest BCUT2D eigenvalue weighted by Gasteiger charge is 2.22. The molecule has 2 aromatic carbocycles. The lowest BCUT2D eigenvalue weighted by Gasteiger charge is -2.21. The van der Waals surface area contributed by atoms with E-state index in [4.69, 9.17) is 14.6 Å². The number of thioether (sulfide) groups is 1. The highest BCUT2D eigenvalue weighted by atomic mass is 32.2. The van der Waals surface area contributed by atoms with E-state index in [1.54, 1.807) is 43.1 Å². The van der Waals surface area contributed by atoms with Crippen molar-refractivity contribution < 1.29 is 24.2 Å². The summed E-state index contributed by atoms with van der Waals surface area (Å²) in [4.78, 5) is 23.5. The summed E-state index contributed by atoms with van der Waals surface area (Å²) in [6.07, 6.45) is -0.106. The van der Waals surface area contributed by atoms with Crippen LogP contribution in [0.2, 0.25) is 0 Å². The minimum atomic E-state index is -0.915. The fourth-order valence-electron chi connectivity index (χ4n) is 2.69. The molecular weight excluding hydrogens is 426 g/mol. The number of ether oxygens (including phenoxy) is 2. The summed E-state index contributed by atoms with van der Waals surface area (Å²) in [5.74, 6) is 1.28. The molecule has 0 aliphatic carbocycles. The van der Waals surface area contributed by atoms with Crippen LogP contribution in [-0.4, -0.2) is 28.8 Å². The normalized spacial score (nSPS) is 11.7. The Labute approximate surface area is 194 Å². The van der Waals surface area contributed by atoms with Crippen molar-refractivity contribution in [3.05, 3.63) is 47.5 Å². The Balaban J connectivity index is 2.41. The predicted molar refractivity (Wildman–Crippen MR) is 130 cm³/mol. The molecule has 0 aromatic heterocycles. The topological polar surface area (TPSA) is 84.9 Å². The Morgan fingerprint density at radius 2 is 1.62 bits per heavy atom. The number of benzene rings is 2. The van der Waals surface area contributed by atoms with Crippen LogP contribution in [0.1, 0.15) is 52.7 Å². The summed E-state index contributed by atoms with van der Waals surface area (Å²) in [7, 11) is 1.54. The molecule has 0 saturated carbocycles. The number of rotatable bonds is 8. The molecule has 0 unspecified atom stereocenters. The first-order chi connectivity index (χ1) is 14.8. The number of hydrogen-bond acceptors (Lipinski definition) is 5. The number of carboxylic acids is 1. The van der Waals surface area contributed by atoms with Gasteiger partial charge in [0.25, 0.3) is 0 Å². The third-order valence-corrected chi connectivity index (χ3v) is 5.78. The van der Waals surface area contributed by atoms with Crippen molar-refractivity contribution >= 4 is 29.3 Å². The van der Waals surface area contributed by atoms with Gasteiger partial charge < -0.3 is 19.9 Å². The number of nitrogens with one attached hydrogen (secondary N) is 1. The van der Waals surface area contributed by atoms with Gasteiger partial charge in [0.15, 0.2) is 11.5 Å². The van der Waals surface area contributed by atoms with Crippen LogP contribution in [0.3, 0.4) is 0 Å². The Kier molecular flexibility index (Phi) is 8.24. The van der Waals surface area contributed by atoms with Gasteiger partial charge in [0, 0.05) is 27.2 Å². The molecule has 6 nitrogen and oxygen atoms in total. The SMILES string of the molecule is COc1ccc(CC(=O)O)cc1Oc1ccc(NC(=O)C(C)(C)C)cc1CSC(C)(C)C. The molecule has 0 radical (unpaired) electrons. The first kappa shape index (κ1) is 25.6. The number of aliphatic carboxylic acids is 1. The number of carbonyl (C=O) groups is 2. The third kappa shape index (κ3) is 7.79. The van der Waals surface area contributed by atoms with Crippen LogP contribution in [0.25, 0.3) is 0 Å². The molecule has 0 spiro atoms. The lowest BCUT2D eigenvalue weighted by Crippen LogP contribution is -2.27. The van der Waals surface area contributed by atoms with Gasteiger partial charge in [0.2, 0.25) is 5.91 Å². The second-order valence-corrected chi connectivity index (χ2v) is 11.4. The van der Waals surface area contributed by atoms with Gasteiger partial charge in [-0.2, -0.15) is 11.8 Å². The first-order valence-corrected chi connectivity index (χ1v) is 11.4. The van der Waals surface area contributed by atoms with Gasteiger partial charge in [-0.15, -0.1) is 0 Å². The average Bonchev–Trinajstić information content (AvgIpc) is 2.66. The second kappa shape index (κ2) is 10.3. The zero-order chi connectivity index (χ0) is 24.1. The molecule has 0 heterocycles. The van der Waals surface area contributed by atoms with Crippen LogP contribution < -0.4 is 14.8 Å². The molecule has 0 bridgehead atoms. The number of carboxylic acid groups (broad SMARTS) is 1. The van der Waals surface area contributed by atoms with Gasteiger partial charge >= 0.3 is 5.97 Å². The highest BCUT2D eigenvalue weighted by Crippen LogP contribution is 2.38. The number of hydrogen-bond donors (Lipinski definition) is 2. The minimum absolute atomic E-state index is 0.0427. The second-order valence-electron chi connectivity index (χ2n) is 9.59. The maximum Gasteiger partial charge on any atom is 0.307 e. The van der Waals surface area contributed by atoms with Crippen molar-refractivity contribution in [1.82, 2.24) is 0 Å². The first-order valence-electron chi connectivity index (χ1n) is 10.4. The van der Waals surface area contributed by atoms with Gasteiger partial charge in [-0.3, -0.25) is 9.59 Å². The zero-order valence-corrected chi connectivity index (χ0v) is 20.7. The van der Waals surface area contributed by atoms with E-state index in [-0.39, 0.29) is 17.1 Å². The summed E-state index contributed by atoms with van der Waals surface area (Å²) < 4.78 is 11.7. The highest BCUT2D eigenvalue weighted by molar-refractivity contribution is 7.99. The van der Waals surface area contributed by atoms with E-state index in [9.17, 15) is 9.59 Å². The van der Waals surface area contributed by atoms with Gasteiger partial charge in [0.1, 0.15) is 5.75 Å². The van der Waals surface area contributed by atoms with Gasteiger partial charge in [-0.25, -0.2) is 0 Å². The van der Waals surface area contributed by atoms with Crippen LogP contribution in [-0.2, 0) is 21.8 Å². The molecule has 1 amide bonds. The lowest BCUT2D eigenvalue weighted by atomic mass is 9.95. The van der Waals surface area contributed by atoms with Crippen LogP contribution in [0.15, 0.2) is 36.4 Å². The molecule has 7 heteroatoms. The van der Waals surface area contributed by atoms with Crippen molar-refractivity contribution in [2.24, 2.45) is 5.41 Å². The Bertz CT molecular complexity index is 973. The van der Waals surface area contributed by atoms with E-state index < -0.39 is 11.4 Å². The number of anilines is 1. The average molecular weight is 460 g/mol. The van der Waals surface area contributed by atoms with E-state index in [0.717, 1.165) is 5.56 Å². The molecule has 0 saturated heterocycles. The smallest absolute Gasteiger partial charge is 0.307 e. The molecule has 0 fully saturated rings. The maximum atomic E-state index is 12.4. The fraction of sp³-hybridized carbons (Fsp3) is 0.440. The van der Waals surface area contributed by atoms with Crippen LogP contribution in [0, 0.1) is 5.41 Å². The van der Waals surface area contributed by atoms with Crippen molar-refractivity contribution in [1.29, 1.82) is 0 Å². The van der Waals surface area contributed by atoms with Crippen LogP contribution >= 0.6 is 11.8 Å². The quantitative estimate of drug-likeness (QED) is 0.494. The van der Waals surface area contributed by atoms with Crippen LogP contribution in [0.5, 0.6) is 17.2 Å². The molecule has 0 atom stereocenters. The van der Waals surface area contributed by atoms with E-state index in [1.807, 2.05) is 32.9 Å². The van der Waals surface area contributed by atoms with Gasteiger partial charge in [-0.1, -0.05) is 47.6 Å². The summed E-state index contributed by atoms with van der Waals surface area (Å²) in [5.41, 5.74) is 1.73. The third-order valence-electron chi connectivity index (χ3n) is 4.46. The molecule has 2 rings (SSSR count). The summed E-state index contributed by atoms with van der Waals surface area (Å²) in [6.45, 7) is 12.0. The summed E-state index contributed by atoms with van der Waals surface area (Å²) >= 11 is 1.76. The molecule has 32 heavy (non-hydrogen) atoms. The Hall–Kier alpha value is -2.67. The van der Waals surface area contributed by atoms with E-state index in [0.29, 0.717) is 34.3 Å². The largest absolute Gasteiger partial charge is 0.493 e. The lowest BCUT2D eigenvalue weighted by molar-refractivity contribution is -0.136. The summed E-state index contributed by atoms with van der Waals surface area (Å²) in [5, 5.41) is 12.1. The van der Waals surface area contributed by atoms with E-state index in [2.05, 4.69) is 26.1 Å². The van der Waals surface area contributed by atoms with Crippen molar-refractivity contribution in [2.75, 3.05) is 12.4 Å². The molecule has 0 aliphatic rings. The molecule has 0 aliphatic heterocycles. The molecule has 2 aromatic rings. The standard InChI is InChI=1S/C25H33NO5S/c1-24(2,3)23(29)26-18-9-11-19(17(14-18)15-32-25(4,5)6)31-21-12-16(13-22(27)28)8-10-20(21)30-7/h8-12,14H,13,15H2,1-7H3,(H,26,29)(H,27,28). The van der Waals surface area contributed by atoms with E-state index in [1.165, 1.54) is 0 Å². The molecule has 2 N–H and O–H groups in total. The number of amides is 1. The predicted octanol–water partition coefficient (Wildman–Crippen LogP) is 6.13. The zero-order valence-electron chi connectivity index (χ0n) is 19.9. The fourth-order valence-corrected chi connectivity index (χ4v) is 3.50. The monoisotopic (exact) mass is 459 g/mol. The Morgan fingerprint density at radius 3 is 2.19 bits per heavy atom. The van der Waals surface area contributed by atoms with Crippen molar-refractivity contribution in [3.8, 4) is 17.2 Å². The van der Waals surface area contributed by atoms with Gasteiger partial charge in [-0.05, 0) is 35.9 Å².